The van der Waals surface area contributed by atoms with Crippen LogP contribution in [0.3, 0.4) is 0 Å². The minimum atomic E-state index is -4.60. The first kappa shape index (κ1) is 17.0. The Kier molecular flexibility index (Phi) is 4.00. The summed E-state index contributed by atoms with van der Waals surface area (Å²) < 4.78 is 41.7. The number of nitrogens with one attached hydrogen (secondary N) is 1. The predicted molar refractivity (Wildman–Crippen MR) is 86.4 cm³/mol. The summed E-state index contributed by atoms with van der Waals surface area (Å²) in [6, 6.07) is 7.89. The third kappa shape index (κ3) is 2.84. The SMILES string of the molecule is CC1(C)CN(C(c2c(Cl)ccc3ccccc23)C(F)(F)F)NC1=O. The lowest BCUT2D eigenvalue weighted by molar-refractivity contribution is -0.191. The van der Waals surface area contributed by atoms with Crippen molar-refractivity contribution in [2.45, 2.75) is 26.1 Å². The van der Waals surface area contributed by atoms with Gasteiger partial charge in [-0.1, -0.05) is 41.9 Å². The normalized spacial score (nSPS) is 19.5. The Morgan fingerprint density at radius 1 is 1.21 bits per heavy atom. The highest BCUT2D eigenvalue weighted by Gasteiger charge is 2.52. The first-order valence-electron chi connectivity index (χ1n) is 7.43. The highest BCUT2D eigenvalue weighted by atomic mass is 35.5. The average molecular weight is 357 g/mol. The van der Waals surface area contributed by atoms with Gasteiger partial charge in [-0.2, -0.15) is 13.2 Å². The van der Waals surface area contributed by atoms with Crippen molar-refractivity contribution in [3.8, 4) is 0 Å². The summed E-state index contributed by atoms with van der Waals surface area (Å²) in [5, 5.41) is 2.05. The second-order valence-corrected chi connectivity index (χ2v) is 6.99. The molecule has 1 N–H and O–H groups in total. The van der Waals surface area contributed by atoms with Crippen molar-refractivity contribution >= 4 is 28.3 Å². The van der Waals surface area contributed by atoms with Crippen LogP contribution in [0, 0.1) is 5.41 Å². The summed E-state index contributed by atoms with van der Waals surface area (Å²) in [5.41, 5.74) is 1.41. The van der Waals surface area contributed by atoms with E-state index in [2.05, 4.69) is 5.43 Å². The van der Waals surface area contributed by atoms with Crippen molar-refractivity contribution in [2.24, 2.45) is 5.41 Å². The maximum Gasteiger partial charge on any atom is 0.409 e. The fraction of sp³-hybridized carbons (Fsp3) is 0.353. The summed E-state index contributed by atoms with van der Waals surface area (Å²) in [6.07, 6.45) is -4.60. The van der Waals surface area contributed by atoms with Gasteiger partial charge in [0.15, 0.2) is 6.04 Å². The zero-order valence-electron chi connectivity index (χ0n) is 13.1. The standard InChI is InChI=1S/C17H16ClF3N2O/c1-16(2)9-23(22-15(16)24)14(17(19,20)21)13-11-6-4-3-5-10(11)7-8-12(13)18/h3-8,14H,9H2,1-2H3,(H,22,24). The molecular formula is C17H16ClF3N2O. The first-order chi connectivity index (χ1) is 11.1. The number of rotatable bonds is 2. The Bertz CT molecular complexity index is 804. The molecule has 1 aliphatic heterocycles. The summed E-state index contributed by atoms with van der Waals surface area (Å²) in [5.74, 6) is -0.437. The van der Waals surface area contributed by atoms with Gasteiger partial charge in [0, 0.05) is 17.1 Å². The topological polar surface area (TPSA) is 32.3 Å². The molecule has 0 saturated carbocycles. The average Bonchev–Trinajstić information content (AvgIpc) is 2.74. The highest BCUT2D eigenvalue weighted by Crippen LogP contribution is 2.45. The molecule has 0 aliphatic carbocycles. The molecule has 1 unspecified atom stereocenters. The fourth-order valence-electron chi connectivity index (χ4n) is 3.02. The zero-order valence-corrected chi connectivity index (χ0v) is 13.9. The second-order valence-electron chi connectivity index (χ2n) is 6.58. The Morgan fingerprint density at radius 3 is 2.46 bits per heavy atom. The van der Waals surface area contributed by atoms with Gasteiger partial charge in [-0.25, -0.2) is 5.01 Å². The fourth-order valence-corrected chi connectivity index (χ4v) is 3.29. The van der Waals surface area contributed by atoms with Crippen LogP contribution in [0.15, 0.2) is 36.4 Å². The molecule has 24 heavy (non-hydrogen) atoms. The quantitative estimate of drug-likeness (QED) is 0.861. The van der Waals surface area contributed by atoms with Crippen LogP contribution < -0.4 is 5.43 Å². The van der Waals surface area contributed by atoms with E-state index in [1.807, 2.05) is 0 Å². The highest BCUT2D eigenvalue weighted by molar-refractivity contribution is 6.32. The van der Waals surface area contributed by atoms with Crippen LogP contribution in [0.1, 0.15) is 25.5 Å². The molecule has 0 bridgehead atoms. The Hall–Kier alpha value is -1.79. The van der Waals surface area contributed by atoms with Gasteiger partial charge in [0.2, 0.25) is 5.91 Å². The number of carbonyl (C=O) groups excluding carboxylic acids is 1. The summed E-state index contributed by atoms with van der Waals surface area (Å²) >= 11 is 6.15. The van der Waals surface area contributed by atoms with Crippen LogP contribution >= 0.6 is 11.6 Å². The van der Waals surface area contributed by atoms with Gasteiger partial charge in [-0.05, 0) is 30.7 Å². The number of alkyl halides is 3. The summed E-state index contributed by atoms with van der Waals surface area (Å²) in [7, 11) is 0. The number of carbonyl (C=O) groups is 1. The van der Waals surface area contributed by atoms with Gasteiger partial charge in [0.25, 0.3) is 0 Å². The third-order valence-electron chi connectivity index (χ3n) is 4.24. The number of halogens is 4. The predicted octanol–water partition coefficient (Wildman–Crippen LogP) is 4.47. The van der Waals surface area contributed by atoms with Crippen LogP contribution in [-0.2, 0) is 4.79 Å². The van der Waals surface area contributed by atoms with E-state index in [9.17, 15) is 18.0 Å². The smallest absolute Gasteiger partial charge is 0.287 e. The molecule has 128 valence electrons. The lowest BCUT2D eigenvalue weighted by Crippen LogP contribution is -2.43. The van der Waals surface area contributed by atoms with Gasteiger partial charge >= 0.3 is 6.18 Å². The molecule has 0 spiro atoms. The molecule has 3 nitrogen and oxygen atoms in total. The Labute approximate surface area is 142 Å². The summed E-state index contributed by atoms with van der Waals surface area (Å²) in [6.45, 7) is 3.16. The molecule has 1 heterocycles. The van der Waals surface area contributed by atoms with E-state index in [0.29, 0.717) is 10.8 Å². The molecule has 0 radical (unpaired) electrons. The Morgan fingerprint density at radius 2 is 1.88 bits per heavy atom. The van der Waals surface area contributed by atoms with Crippen LogP contribution in [0.4, 0.5) is 13.2 Å². The van der Waals surface area contributed by atoms with Crippen LogP contribution in [0.25, 0.3) is 10.8 Å². The number of nitrogens with zero attached hydrogens (tertiary/aromatic N) is 1. The number of benzene rings is 2. The van der Waals surface area contributed by atoms with E-state index < -0.39 is 23.5 Å². The molecule has 0 aromatic heterocycles. The number of hydrogen-bond donors (Lipinski definition) is 1. The molecule has 2 aromatic rings. The first-order valence-corrected chi connectivity index (χ1v) is 7.80. The van der Waals surface area contributed by atoms with Gasteiger partial charge in [-0.3, -0.25) is 10.2 Å². The van der Waals surface area contributed by atoms with Crippen molar-refractivity contribution in [3.63, 3.8) is 0 Å². The van der Waals surface area contributed by atoms with Crippen LogP contribution in [0.5, 0.6) is 0 Å². The minimum Gasteiger partial charge on any atom is -0.287 e. The molecule has 2 aromatic carbocycles. The van der Waals surface area contributed by atoms with Crippen molar-refractivity contribution < 1.29 is 18.0 Å². The van der Waals surface area contributed by atoms with Gasteiger partial charge in [0.05, 0.1) is 5.41 Å². The maximum absolute atomic E-state index is 13.9. The zero-order chi connectivity index (χ0) is 17.7. The van der Waals surface area contributed by atoms with Gasteiger partial charge in [-0.15, -0.1) is 0 Å². The van der Waals surface area contributed by atoms with Crippen molar-refractivity contribution in [3.05, 3.63) is 47.0 Å². The molecule has 1 fully saturated rings. The van der Waals surface area contributed by atoms with E-state index in [0.717, 1.165) is 5.01 Å². The number of hydrazine groups is 1. The molecule has 7 heteroatoms. The van der Waals surface area contributed by atoms with Gasteiger partial charge < -0.3 is 0 Å². The third-order valence-corrected chi connectivity index (χ3v) is 4.57. The number of amides is 1. The lowest BCUT2D eigenvalue weighted by atomic mass is 9.93. The largest absolute Gasteiger partial charge is 0.409 e. The van der Waals surface area contributed by atoms with E-state index in [4.69, 9.17) is 11.6 Å². The monoisotopic (exact) mass is 356 g/mol. The maximum atomic E-state index is 13.9. The van der Waals surface area contributed by atoms with Crippen LogP contribution in [0.2, 0.25) is 5.02 Å². The molecule has 1 saturated heterocycles. The Balaban J connectivity index is 2.19. The number of fused-ring (bicyclic) bond motifs is 1. The summed E-state index contributed by atoms with van der Waals surface area (Å²) in [4.78, 5) is 12.0. The molecule has 1 atom stereocenters. The molecular weight excluding hydrogens is 341 g/mol. The second kappa shape index (κ2) is 5.63. The van der Waals surface area contributed by atoms with Crippen molar-refractivity contribution in [1.82, 2.24) is 10.4 Å². The van der Waals surface area contributed by atoms with Gasteiger partial charge in [0.1, 0.15) is 0 Å². The van der Waals surface area contributed by atoms with E-state index >= 15 is 0 Å². The number of hydrogen-bond acceptors (Lipinski definition) is 2. The van der Waals surface area contributed by atoms with E-state index in [1.165, 1.54) is 6.07 Å². The lowest BCUT2D eigenvalue weighted by Gasteiger charge is -2.31. The van der Waals surface area contributed by atoms with Crippen molar-refractivity contribution in [2.75, 3.05) is 6.54 Å². The van der Waals surface area contributed by atoms with Crippen LogP contribution in [-0.4, -0.2) is 23.6 Å². The van der Waals surface area contributed by atoms with E-state index in [-0.39, 0.29) is 17.1 Å². The van der Waals surface area contributed by atoms with Crippen molar-refractivity contribution in [1.29, 1.82) is 0 Å². The molecule has 1 aliphatic rings. The molecule has 3 rings (SSSR count). The minimum absolute atomic E-state index is 0.0231. The molecule has 1 amide bonds. The van der Waals surface area contributed by atoms with E-state index in [1.54, 1.807) is 44.2 Å².